The topological polar surface area (TPSA) is 100 Å². The Morgan fingerprint density at radius 1 is 1.44 bits per heavy atom. The van der Waals surface area contributed by atoms with Gasteiger partial charge in [0.05, 0.1) is 17.3 Å². The standard InChI is InChI=1S/C11H16ClN3O3/c1-7(14-15-18-4-2-3-13)8-5-9(12)11(17)6-10(8)16/h5-6,15-17H,2-4,13H2,1H3/b14-7+. The maximum absolute atomic E-state index is 9.64. The lowest BCUT2D eigenvalue weighted by molar-refractivity contribution is 0.0426. The van der Waals surface area contributed by atoms with Gasteiger partial charge < -0.3 is 15.9 Å². The molecule has 0 unspecified atom stereocenters. The highest BCUT2D eigenvalue weighted by Crippen LogP contribution is 2.31. The van der Waals surface area contributed by atoms with Crippen molar-refractivity contribution in [2.45, 2.75) is 13.3 Å². The Morgan fingerprint density at radius 2 is 2.17 bits per heavy atom. The van der Waals surface area contributed by atoms with Crippen LogP contribution in [0.25, 0.3) is 0 Å². The van der Waals surface area contributed by atoms with Gasteiger partial charge in [0.15, 0.2) is 0 Å². The van der Waals surface area contributed by atoms with E-state index in [0.717, 1.165) is 12.5 Å². The van der Waals surface area contributed by atoms with Crippen LogP contribution in [0.4, 0.5) is 0 Å². The number of nitrogens with zero attached hydrogens (tertiary/aromatic N) is 1. The van der Waals surface area contributed by atoms with Gasteiger partial charge in [-0.1, -0.05) is 11.6 Å². The molecular weight excluding hydrogens is 258 g/mol. The van der Waals surface area contributed by atoms with Crippen molar-refractivity contribution in [3.8, 4) is 11.5 Å². The molecule has 0 bridgehead atoms. The quantitative estimate of drug-likeness (QED) is 0.356. The molecule has 0 spiro atoms. The third-order valence-corrected chi connectivity index (χ3v) is 2.49. The van der Waals surface area contributed by atoms with Crippen molar-refractivity contribution in [2.75, 3.05) is 13.2 Å². The summed E-state index contributed by atoms with van der Waals surface area (Å²) in [7, 11) is 0. The van der Waals surface area contributed by atoms with Gasteiger partial charge in [0, 0.05) is 11.6 Å². The number of halogens is 1. The molecule has 18 heavy (non-hydrogen) atoms. The first-order valence-corrected chi connectivity index (χ1v) is 5.77. The van der Waals surface area contributed by atoms with Gasteiger partial charge in [0.25, 0.3) is 0 Å². The number of rotatable bonds is 6. The lowest BCUT2D eigenvalue weighted by atomic mass is 10.1. The molecule has 1 rings (SSSR count). The molecule has 0 aliphatic rings. The van der Waals surface area contributed by atoms with E-state index in [-0.39, 0.29) is 16.5 Å². The smallest absolute Gasteiger partial charge is 0.137 e. The fraction of sp³-hybridized carbons (Fsp3) is 0.364. The van der Waals surface area contributed by atoms with Gasteiger partial charge in [-0.05, 0) is 26.0 Å². The van der Waals surface area contributed by atoms with E-state index in [0.29, 0.717) is 24.4 Å². The maximum atomic E-state index is 9.64. The molecule has 0 aliphatic carbocycles. The van der Waals surface area contributed by atoms with Crippen LogP contribution in [0.2, 0.25) is 5.02 Å². The van der Waals surface area contributed by atoms with Crippen molar-refractivity contribution in [3.63, 3.8) is 0 Å². The highest BCUT2D eigenvalue weighted by molar-refractivity contribution is 6.32. The second kappa shape index (κ2) is 7.05. The third-order valence-electron chi connectivity index (χ3n) is 2.18. The van der Waals surface area contributed by atoms with Crippen LogP contribution in [-0.4, -0.2) is 29.1 Å². The molecule has 0 heterocycles. The van der Waals surface area contributed by atoms with Crippen LogP contribution in [0.15, 0.2) is 17.2 Å². The van der Waals surface area contributed by atoms with Gasteiger partial charge in [-0.15, -0.1) is 0 Å². The lowest BCUT2D eigenvalue weighted by Crippen LogP contribution is -2.13. The molecule has 100 valence electrons. The first-order chi connectivity index (χ1) is 8.56. The number of hydrogen-bond donors (Lipinski definition) is 4. The number of phenolic OH excluding ortho intramolecular Hbond substituents is 2. The molecule has 6 nitrogen and oxygen atoms in total. The first-order valence-electron chi connectivity index (χ1n) is 5.39. The molecule has 5 N–H and O–H groups in total. The monoisotopic (exact) mass is 273 g/mol. The van der Waals surface area contributed by atoms with E-state index in [4.69, 9.17) is 22.2 Å². The molecule has 0 saturated carbocycles. The van der Waals surface area contributed by atoms with Crippen LogP contribution < -0.4 is 11.3 Å². The molecule has 0 fully saturated rings. The maximum Gasteiger partial charge on any atom is 0.137 e. The second-order valence-electron chi connectivity index (χ2n) is 3.60. The molecule has 0 amide bonds. The van der Waals surface area contributed by atoms with E-state index in [1.165, 1.54) is 6.07 Å². The summed E-state index contributed by atoms with van der Waals surface area (Å²) < 4.78 is 0. The number of phenols is 2. The Morgan fingerprint density at radius 3 is 2.83 bits per heavy atom. The first kappa shape index (κ1) is 14.6. The number of benzene rings is 1. The summed E-state index contributed by atoms with van der Waals surface area (Å²) in [6.07, 6.45) is 0.720. The van der Waals surface area contributed by atoms with Crippen molar-refractivity contribution in [2.24, 2.45) is 10.8 Å². The van der Waals surface area contributed by atoms with Crippen LogP contribution in [0.1, 0.15) is 18.9 Å². The molecule has 0 aromatic heterocycles. The molecule has 0 atom stereocenters. The summed E-state index contributed by atoms with van der Waals surface area (Å²) in [5.41, 5.74) is 8.58. The minimum atomic E-state index is -0.183. The van der Waals surface area contributed by atoms with Crippen molar-refractivity contribution >= 4 is 17.3 Å². The lowest BCUT2D eigenvalue weighted by Gasteiger charge is -2.07. The molecule has 1 aromatic rings. The summed E-state index contributed by atoms with van der Waals surface area (Å²) in [4.78, 5) is 4.98. The zero-order chi connectivity index (χ0) is 13.5. The molecule has 0 aliphatic heterocycles. The Bertz CT molecular complexity index is 438. The molecule has 0 saturated heterocycles. The average Bonchev–Trinajstić information content (AvgIpc) is 2.33. The molecule has 0 radical (unpaired) electrons. The fourth-order valence-electron chi connectivity index (χ4n) is 1.20. The number of hydrazone groups is 1. The van der Waals surface area contributed by atoms with Crippen molar-refractivity contribution < 1.29 is 15.1 Å². The SMILES string of the molecule is C/C(=N\NOCCCN)c1cc(Cl)c(O)cc1O. The highest BCUT2D eigenvalue weighted by atomic mass is 35.5. The minimum absolute atomic E-state index is 0.109. The van der Waals surface area contributed by atoms with Gasteiger partial charge >= 0.3 is 0 Å². The highest BCUT2D eigenvalue weighted by Gasteiger charge is 2.09. The van der Waals surface area contributed by atoms with Crippen LogP contribution in [-0.2, 0) is 4.84 Å². The zero-order valence-corrected chi connectivity index (χ0v) is 10.7. The van der Waals surface area contributed by atoms with Gasteiger partial charge in [-0.3, -0.25) is 4.84 Å². The summed E-state index contributed by atoms with van der Waals surface area (Å²) in [6.45, 7) is 2.65. The largest absolute Gasteiger partial charge is 0.507 e. The van der Waals surface area contributed by atoms with Crippen molar-refractivity contribution in [1.29, 1.82) is 0 Å². The average molecular weight is 274 g/mol. The predicted octanol–water partition coefficient (Wildman–Crippen LogP) is 1.35. The van der Waals surface area contributed by atoms with Crippen LogP contribution in [0.3, 0.4) is 0 Å². The van der Waals surface area contributed by atoms with Crippen LogP contribution in [0.5, 0.6) is 11.5 Å². The van der Waals surface area contributed by atoms with E-state index in [9.17, 15) is 10.2 Å². The summed E-state index contributed by atoms with van der Waals surface area (Å²) in [6, 6.07) is 2.58. The normalized spacial score (nSPS) is 11.6. The van der Waals surface area contributed by atoms with Gasteiger partial charge in [0.2, 0.25) is 0 Å². The van der Waals surface area contributed by atoms with Crippen LogP contribution >= 0.6 is 11.6 Å². The molecule has 7 heteroatoms. The van der Waals surface area contributed by atoms with E-state index in [1.807, 2.05) is 0 Å². The van der Waals surface area contributed by atoms with Crippen LogP contribution in [0, 0.1) is 0 Å². The van der Waals surface area contributed by atoms with E-state index in [1.54, 1.807) is 6.92 Å². The van der Waals surface area contributed by atoms with E-state index >= 15 is 0 Å². The number of aromatic hydroxyl groups is 2. The Balaban J connectivity index is 2.68. The predicted molar refractivity (Wildman–Crippen MR) is 69.8 cm³/mol. The minimum Gasteiger partial charge on any atom is -0.507 e. The number of hydrogen-bond acceptors (Lipinski definition) is 6. The van der Waals surface area contributed by atoms with Gasteiger partial charge in [-0.25, -0.2) is 0 Å². The fourth-order valence-corrected chi connectivity index (χ4v) is 1.37. The molecular formula is C11H16ClN3O3. The second-order valence-corrected chi connectivity index (χ2v) is 4.01. The van der Waals surface area contributed by atoms with Gasteiger partial charge in [-0.2, -0.15) is 10.7 Å². The van der Waals surface area contributed by atoms with E-state index in [2.05, 4.69) is 10.7 Å². The van der Waals surface area contributed by atoms with E-state index < -0.39 is 0 Å². The molecule has 1 aromatic carbocycles. The summed E-state index contributed by atoms with van der Waals surface area (Å²) >= 11 is 5.75. The summed E-state index contributed by atoms with van der Waals surface area (Å²) in [5.74, 6) is -0.292. The number of nitrogens with two attached hydrogens (primary N) is 1. The zero-order valence-electron chi connectivity index (χ0n) is 9.98. The van der Waals surface area contributed by atoms with Gasteiger partial charge in [0.1, 0.15) is 11.5 Å². The Labute approximate surface area is 110 Å². The van der Waals surface area contributed by atoms with Crippen molar-refractivity contribution in [1.82, 2.24) is 5.59 Å². The summed E-state index contributed by atoms with van der Waals surface area (Å²) in [5, 5.41) is 23.0. The third kappa shape index (κ3) is 4.06. The Kier molecular flexibility index (Phi) is 5.70. The Hall–Kier alpha value is -1.50. The van der Waals surface area contributed by atoms with Crippen molar-refractivity contribution in [3.05, 3.63) is 22.7 Å². The number of nitrogens with one attached hydrogen (secondary N) is 1.